The summed E-state index contributed by atoms with van der Waals surface area (Å²) >= 11 is 0. The topological polar surface area (TPSA) is 130 Å². The van der Waals surface area contributed by atoms with Gasteiger partial charge in [0.1, 0.15) is 11.9 Å². The fourth-order valence-corrected chi connectivity index (χ4v) is 5.88. The lowest BCUT2D eigenvalue weighted by molar-refractivity contribution is -0.118. The van der Waals surface area contributed by atoms with E-state index in [1.807, 2.05) is 7.05 Å². The van der Waals surface area contributed by atoms with Gasteiger partial charge in [0.25, 0.3) is 15.9 Å². The second kappa shape index (κ2) is 12.7. The number of likely N-dealkylation sites (tertiary alicyclic amines) is 1. The van der Waals surface area contributed by atoms with E-state index in [4.69, 9.17) is 4.74 Å². The van der Waals surface area contributed by atoms with Gasteiger partial charge in [0.2, 0.25) is 5.91 Å². The molecule has 3 heterocycles. The van der Waals surface area contributed by atoms with Crippen LogP contribution < -0.4 is 15.4 Å². The molecule has 0 aliphatic carbocycles. The van der Waals surface area contributed by atoms with Gasteiger partial charge in [0.05, 0.1) is 11.9 Å². The van der Waals surface area contributed by atoms with Crippen LogP contribution in [0.15, 0.2) is 47.6 Å². The summed E-state index contributed by atoms with van der Waals surface area (Å²) in [5.74, 6) is -1.12. The number of pyridine rings is 1. The van der Waals surface area contributed by atoms with Crippen LogP contribution in [0.2, 0.25) is 0 Å². The Morgan fingerprint density at radius 2 is 1.76 bits per heavy atom. The molecule has 206 valence electrons. The number of carbonyl (C=O) groups excluding carboxylic acids is 2. The van der Waals surface area contributed by atoms with Crippen LogP contribution in [0.25, 0.3) is 0 Å². The van der Waals surface area contributed by atoms with Crippen molar-refractivity contribution >= 4 is 27.5 Å². The van der Waals surface area contributed by atoms with E-state index in [1.54, 1.807) is 0 Å². The summed E-state index contributed by atoms with van der Waals surface area (Å²) in [4.78, 5) is 32.3. The highest BCUT2D eigenvalue weighted by molar-refractivity contribution is 7.89. The van der Waals surface area contributed by atoms with Crippen molar-refractivity contribution < 1.29 is 27.1 Å². The van der Waals surface area contributed by atoms with Gasteiger partial charge in [0, 0.05) is 24.8 Å². The van der Waals surface area contributed by atoms with Gasteiger partial charge >= 0.3 is 0 Å². The summed E-state index contributed by atoms with van der Waals surface area (Å²) in [7, 11) is -1.76. The van der Waals surface area contributed by atoms with E-state index in [9.17, 15) is 22.4 Å². The molecule has 10 nitrogen and oxygen atoms in total. The van der Waals surface area contributed by atoms with E-state index in [2.05, 4.69) is 25.2 Å². The van der Waals surface area contributed by atoms with Crippen molar-refractivity contribution in [3.05, 3.63) is 54.0 Å². The number of benzene rings is 1. The number of ether oxygens (including phenoxy) is 1. The van der Waals surface area contributed by atoms with E-state index in [1.165, 1.54) is 42.6 Å². The highest BCUT2D eigenvalue weighted by Crippen LogP contribution is 2.22. The summed E-state index contributed by atoms with van der Waals surface area (Å²) in [6.45, 7) is 2.82. The molecule has 0 radical (unpaired) electrons. The van der Waals surface area contributed by atoms with Crippen LogP contribution >= 0.6 is 0 Å². The number of hydrogen-bond acceptors (Lipinski definition) is 7. The average Bonchev–Trinajstić information content (AvgIpc) is 2.90. The molecule has 1 aromatic heterocycles. The van der Waals surface area contributed by atoms with Gasteiger partial charge in [-0.1, -0.05) is 0 Å². The fraction of sp³-hybridized carbons (Fsp3) is 0.500. The minimum Gasteiger partial charge on any atom is -0.381 e. The molecule has 12 heteroatoms. The number of amides is 2. The van der Waals surface area contributed by atoms with Gasteiger partial charge in [-0.15, -0.1) is 0 Å². The standard InChI is InChI=1S/C26H34FN5O5S/c1-32-12-8-18(9-13-32)16-23(30-25(33)19-2-4-20(27)5-3-19)26(34)29-22-6-7-24(28-17-22)38(35,36)31-21-10-14-37-15-11-21/h2-7,17-18,21,23,31H,8-16H2,1H3,(H,29,34)(H,30,33)/t23-/m0/s1. The Balaban J connectivity index is 1.42. The van der Waals surface area contributed by atoms with Crippen LogP contribution in [0.3, 0.4) is 0 Å². The van der Waals surface area contributed by atoms with Crippen LogP contribution in [0.1, 0.15) is 42.5 Å². The zero-order valence-electron chi connectivity index (χ0n) is 21.4. The molecule has 2 aliphatic rings. The Labute approximate surface area is 222 Å². The molecule has 0 bridgehead atoms. The monoisotopic (exact) mass is 547 g/mol. The molecule has 38 heavy (non-hydrogen) atoms. The van der Waals surface area contributed by atoms with Crippen molar-refractivity contribution in [2.24, 2.45) is 5.92 Å². The normalized spacial score (nSPS) is 18.6. The smallest absolute Gasteiger partial charge is 0.258 e. The van der Waals surface area contributed by atoms with Gasteiger partial charge in [-0.05, 0) is 94.6 Å². The number of sulfonamides is 1. The second-order valence-corrected chi connectivity index (χ2v) is 11.6. The molecular formula is C26H34FN5O5S. The molecule has 0 spiro atoms. The molecule has 3 N–H and O–H groups in total. The van der Waals surface area contributed by atoms with Crippen molar-refractivity contribution in [2.45, 2.75) is 49.2 Å². The largest absolute Gasteiger partial charge is 0.381 e. The average molecular weight is 548 g/mol. The first-order valence-electron chi connectivity index (χ1n) is 12.8. The number of rotatable bonds is 9. The third-order valence-corrected chi connectivity index (χ3v) is 8.39. The highest BCUT2D eigenvalue weighted by Gasteiger charge is 2.28. The summed E-state index contributed by atoms with van der Waals surface area (Å²) in [5.41, 5.74) is 0.560. The van der Waals surface area contributed by atoms with Crippen molar-refractivity contribution in [1.82, 2.24) is 19.9 Å². The van der Waals surface area contributed by atoms with Crippen molar-refractivity contribution in [1.29, 1.82) is 0 Å². The Kier molecular flexibility index (Phi) is 9.42. The predicted octanol–water partition coefficient (Wildman–Crippen LogP) is 2.15. The zero-order valence-corrected chi connectivity index (χ0v) is 22.2. The van der Waals surface area contributed by atoms with Gasteiger partial charge in [-0.25, -0.2) is 22.5 Å². The number of carbonyl (C=O) groups is 2. The molecule has 0 unspecified atom stereocenters. The minimum atomic E-state index is -3.81. The molecule has 2 saturated heterocycles. The molecular weight excluding hydrogens is 513 g/mol. The third kappa shape index (κ3) is 7.79. The lowest BCUT2D eigenvalue weighted by Crippen LogP contribution is -2.46. The molecule has 4 rings (SSSR count). The first kappa shape index (κ1) is 28.1. The summed E-state index contributed by atoms with van der Waals surface area (Å²) in [5, 5.41) is 5.39. The number of nitrogens with one attached hydrogen (secondary N) is 3. The van der Waals surface area contributed by atoms with Crippen LogP contribution in [0.4, 0.5) is 10.1 Å². The molecule has 2 amide bonds. The van der Waals surface area contributed by atoms with Crippen LogP contribution in [0, 0.1) is 11.7 Å². The van der Waals surface area contributed by atoms with Crippen LogP contribution in [0.5, 0.6) is 0 Å². The zero-order chi connectivity index (χ0) is 27.1. The summed E-state index contributed by atoms with van der Waals surface area (Å²) < 4.78 is 46.6. The number of halogens is 1. The number of nitrogens with zero attached hydrogens (tertiary/aromatic N) is 2. The van der Waals surface area contributed by atoms with Crippen molar-refractivity contribution in [3.8, 4) is 0 Å². The number of piperidine rings is 1. The first-order chi connectivity index (χ1) is 18.2. The summed E-state index contributed by atoms with van der Waals surface area (Å²) in [6.07, 6.45) is 4.72. The third-order valence-electron chi connectivity index (χ3n) is 6.96. The maximum Gasteiger partial charge on any atom is 0.258 e. The van der Waals surface area contributed by atoms with Gasteiger partial charge in [-0.3, -0.25) is 9.59 Å². The van der Waals surface area contributed by atoms with E-state index in [-0.39, 0.29) is 22.5 Å². The number of anilines is 1. The lowest BCUT2D eigenvalue weighted by atomic mass is 9.90. The number of hydrogen-bond donors (Lipinski definition) is 3. The SMILES string of the molecule is CN1CCC(C[C@H](NC(=O)c2ccc(F)cc2)C(=O)Nc2ccc(S(=O)(=O)NC3CCOCC3)nc2)CC1. The van der Waals surface area contributed by atoms with E-state index in [0.29, 0.717) is 38.2 Å². The minimum absolute atomic E-state index is 0.144. The van der Waals surface area contributed by atoms with E-state index < -0.39 is 33.7 Å². The molecule has 1 aromatic carbocycles. The maximum absolute atomic E-state index is 13.3. The van der Waals surface area contributed by atoms with Crippen molar-refractivity contribution in [2.75, 3.05) is 38.7 Å². The van der Waals surface area contributed by atoms with Crippen LogP contribution in [-0.4, -0.2) is 75.6 Å². The van der Waals surface area contributed by atoms with Crippen molar-refractivity contribution in [3.63, 3.8) is 0 Å². The fourth-order valence-electron chi connectivity index (χ4n) is 4.64. The molecule has 2 fully saturated rings. The lowest BCUT2D eigenvalue weighted by Gasteiger charge is -2.31. The molecule has 2 aromatic rings. The Morgan fingerprint density at radius 1 is 1.08 bits per heavy atom. The van der Waals surface area contributed by atoms with Gasteiger partial charge in [-0.2, -0.15) is 0 Å². The van der Waals surface area contributed by atoms with E-state index >= 15 is 0 Å². The summed E-state index contributed by atoms with van der Waals surface area (Å²) in [6, 6.07) is 6.88. The first-order valence-corrected chi connectivity index (χ1v) is 14.3. The predicted molar refractivity (Wildman–Crippen MR) is 140 cm³/mol. The van der Waals surface area contributed by atoms with Crippen LogP contribution in [-0.2, 0) is 19.6 Å². The maximum atomic E-state index is 13.3. The Morgan fingerprint density at radius 3 is 2.39 bits per heavy atom. The molecule has 0 saturated carbocycles. The van der Waals surface area contributed by atoms with Gasteiger partial charge in [0.15, 0.2) is 5.03 Å². The molecule has 2 aliphatic heterocycles. The van der Waals surface area contributed by atoms with Gasteiger partial charge < -0.3 is 20.3 Å². The highest BCUT2D eigenvalue weighted by atomic mass is 32.2. The van der Waals surface area contributed by atoms with E-state index in [0.717, 1.165) is 25.9 Å². The quantitative estimate of drug-likeness (QED) is 0.439. The molecule has 1 atom stereocenters. The Bertz CT molecular complexity index is 1200. The number of aromatic nitrogens is 1. The Hall–Kier alpha value is -2.93. The second-order valence-electron chi connectivity index (χ2n) is 9.90.